The number of hydrogen-bond acceptors (Lipinski definition) is 4. The third-order valence-corrected chi connectivity index (χ3v) is 3.20. The predicted molar refractivity (Wildman–Crippen MR) is 80.1 cm³/mol. The van der Waals surface area contributed by atoms with Gasteiger partial charge in [-0.15, -0.1) is 0 Å². The van der Waals surface area contributed by atoms with Crippen LogP contribution in [0.2, 0.25) is 0 Å². The molecule has 0 fully saturated rings. The van der Waals surface area contributed by atoms with Crippen molar-refractivity contribution in [3.05, 3.63) is 29.3 Å². The lowest BCUT2D eigenvalue weighted by Crippen LogP contribution is -2.28. The van der Waals surface area contributed by atoms with Gasteiger partial charge in [0.15, 0.2) is 0 Å². The Kier molecular flexibility index (Phi) is 6.59. The van der Waals surface area contributed by atoms with Crippen LogP contribution in [0, 0.1) is 23.2 Å². The summed E-state index contributed by atoms with van der Waals surface area (Å²) in [7, 11) is 3.65. The average Bonchev–Trinajstić information content (AvgIpc) is 2.46. The highest BCUT2D eigenvalue weighted by Crippen LogP contribution is 2.19. The van der Waals surface area contributed by atoms with Crippen molar-refractivity contribution in [2.45, 2.75) is 25.9 Å². The molecule has 4 nitrogen and oxygen atoms in total. The lowest BCUT2D eigenvalue weighted by atomic mass is 10.1. The first-order valence-electron chi connectivity index (χ1n) is 6.55. The normalized spacial score (nSPS) is 11.4. The van der Waals surface area contributed by atoms with Gasteiger partial charge in [-0.1, -0.05) is 11.8 Å². The molecule has 1 unspecified atom stereocenters. The number of methoxy groups -OCH3 is 1. The molecule has 0 aliphatic rings. The van der Waals surface area contributed by atoms with Crippen molar-refractivity contribution in [1.82, 2.24) is 4.90 Å². The first kappa shape index (κ1) is 16.0. The van der Waals surface area contributed by atoms with Gasteiger partial charge in [0.1, 0.15) is 5.75 Å². The smallest absolute Gasteiger partial charge is 0.119 e. The van der Waals surface area contributed by atoms with Gasteiger partial charge in [0.2, 0.25) is 0 Å². The zero-order valence-corrected chi connectivity index (χ0v) is 12.3. The van der Waals surface area contributed by atoms with Crippen molar-refractivity contribution in [1.29, 1.82) is 5.26 Å². The highest BCUT2D eigenvalue weighted by atomic mass is 16.5. The Bertz CT molecular complexity index is 537. The van der Waals surface area contributed by atoms with Crippen LogP contribution >= 0.6 is 0 Å². The number of benzene rings is 1. The Balaban J connectivity index is 2.98. The summed E-state index contributed by atoms with van der Waals surface area (Å²) in [6.07, 6.45) is 0.504. The van der Waals surface area contributed by atoms with Gasteiger partial charge < -0.3 is 10.5 Å². The van der Waals surface area contributed by atoms with Crippen LogP contribution in [0.4, 0.5) is 0 Å². The summed E-state index contributed by atoms with van der Waals surface area (Å²) in [5.74, 6) is 6.76. The second kappa shape index (κ2) is 8.22. The third kappa shape index (κ3) is 4.59. The van der Waals surface area contributed by atoms with Crippen molar-refractivity contribution < 1.29 is 4.74 Å². The zero-order valence-electron chi connectivity index (χ0n) is 12.3. The molecule has 1 atom stereocenters. The molecule has 1 aromatic carbocycles. The fourth-order valence-electron chi connectivity index (χ4n) is 1.81. The summed E-state index contributed by atoms with van der Waals surface area (Å²) in [6.45, 7) is 3.09. The summed E-state index contributed by atoms with van der Waals surface area (Å²) in [5.41, 5.74) is 7.46. The largest absolute Gasteiger partial charge is 0.497 e. The molecule has 2 N–H and O–H groups in total. The molecule has 0 heterocycles. The first-order valence-corrected chi connectivity index (χ1v) is 6.55. The van der Waals surface area contributed by atoms with Crippen LogP contribution in [0.25, 0.3) is 0 Å². The van der Waals surface area contributed by atoms with Crippen molar-refractivity contribution >= 4 is 0 Å². The van der Waals surface area contributed by atoms with E-state index in [1.165, 1.54) is 0 Å². The summed E-state index contributed by atoms with van der Waals surface area (Å²) < 4.78 is 5.26. The van der Waals surface area contributed by atoms with E-state index in [9.17, 15) is 0 Å². The van der Waals surface area contributed by atoms with Gasteiger partial charge in [-0.2, -0.15) is 5.26 Å². The molecule has 1 rings (SSSR count). The van der Waals surface area contributed by atoms with Crippen molar-refractivity contribution in [3.8, 4) is 23.7 Å². The topological polar surface area (TPSA) is 62.3 Å². The van der Waals surface area contributed by atoms with Crippen LogP contribution in [-0.4, -0.2) is 31.6 Å². The second-order valence-electron chi connectivity index (χ2n) is 4.66. The van der Waals surface area contributed by atoms with Gasteiger partial charge in [-0.25, -0.2) is 0 Å². The lowest BCUT2D eigenvalue weighted by molar-refractivity contribution is 0.252. The molecule has 0 radical (unpaired) electrons. The highest BCUT2D eigenvalue weighted by molar-refractivity contribution is 5.45. The van der Waals surface area contributed by atoms with E-state index in [0.717, 1.165) is 16.9 Å². The Labute approximate surface area is 121 Å². The number of ether oxygens (including phenoxy) is 1. The number of nitriles is 1. The number of nitrogens with two attached hydrogens (primary N) is 1. The Morgan fingerprint density at radius 1 is 1.45 bits per heavy atom. The van der Waals surface area contributed by atoms with Crippen LogP contribution < -0.4 is 10.5 Å². The summed E-state index contributed by atoms with van der Waals surface area (Å²) in [4.78, 5) is 2.13. The summed E-state index contributed by atoms with van der Waals surface area (Å²) in [5, 5.41) is 8.77. The molecule has 0 aromatic heterocycles. The van der Waals surface area contributed by atoms with Gasteiger partial charge in [0, 0.05) is 18.2 Å². The zero-order chi connectivity index (χ0) is 15.0. The minimum Gasteiger partial charge on any atom is -0.497 e. The number of rotatable bonds is 5. The Morgan fingerprint density at radius 2 is 2.20 bits per heavy atom. The van der Waals surface area contributed by atoms with Crippen molar-refractivity contribution in [3.63, 3.8) is 0 Å². The van der Waals surface area contributed by atoms with E-state index >= 15 is 0 Å². The quantitative estimate of drug-likeness (QED) is 0.829. The SMILES string of the molecule is COc1ccc(C#CCN)c(CN(C)C(C)CC#N)c1. The molecule has 0 saturated carbocycles. The molecule has 0 amide bonds. The standard InChI is InChI=1S/C16H21N3O/c1-13(8-10-18)19(2)12-15-11-16(20-3)7-6-14(15)5-4-9-17/h6-7,11,13H,8-9,12,17H2,1-3H3. The van der Waals surface area contributed by atoms with Crippen LogP contribution in [0.3, 0.4) is 0 Å². The highest BCUT2D eigenvalue weighted by Gasteiger charge is 2.11. The van der Waals surface area contributed by atoms with E-state index in [0.29, 0.717) is 19.5 Å². The van der Waals surface area contributed by atoms with E-state index in [1.807, 2.05) is 32.2 Å². The fourth-order valence-corrected chi connectivity index (χ4v) is 1.81. The van der Waals surface area contributed by atoms with E-state index in [4.69, 9.17) is 15.7 Å². The van der Waals surface area contributed by atoms with E-state index in [-0.39, 0.29) is 6.04 Å². The Morgan fingerprint density at radius 3 is 2.80 bits per heavy atom. The third-order valence-electron chi connectivity index (χ3n) is 3.20. The maximum Gasteiger partial charge on any atom is 0.119 e. The molecule has 106 valence electrons. The van der Waals surface area contributed by atoms with Gasteiger partial charge in [0.25, 0.3) is 0 Å². The van der Waals surface area contributed by atoms with Crippen LogP contribution in [0.15, 0.2) is 18.2 Å². The number of hydrogen-bond donors (Lipinski definition) is 1. The van der Waals surface area contributed by atoms with E-state index in [1.54, 1.807) is 7.11 Å². The maximum absolute atomic E-state index is 8.77. The fraction of sp³-hybridized carbons (Fsp3) is 0.438. The molecule has 0 spiro atoms. The summed E-state index contributed by atoms with van der Waals surface area (Å²) >= 11 is 0. The first-order chi connectivity index (χ1) is 9.62. The van der Waals surface area contributed by atoms with Crippen LogP contribution in [0.1, 0.15) is 24.5 Å². The molecule has 4 heteroatoms. The monoisotopic (exact) mass is 271 g/mol. The lowest BCUT2D eigenvalue weighted by Gasteiger charge is -2.23. The second-order valence-corrected chi connectivity index (χ2v) is 4.66. The minimum absolute atomic E-state index is 0.196. The number of nitrogens with zero attached hydrogens (tertiary/aromatic N) is 2. The minimum atomic E-state index is 0.196. The van der Waals surface area contributed by atoms with Crippen molar-refractivity contribution in [2.75, 3.05) is 20.7 Å². The molecule has 0 aliphatic carbocycles. The molecule has 0 saturated heterocycles. The molecule has 1 aromatic rings. The van der Waals surface area contributed by atoms with Gasteiger partial charge in [0.05, 0.1) is 26.1 Å². The maximum atomic E-state index is 8.77. The van der Waals surface area contributed by atoms with E-state index < -0.39 is 0 Å². The average molecular weight is 271 g/mol. The van der Waals surface area contributed by atoms with Crippen molar-refractivity contribution in [2.24, 2.45) is 5.73 Å². The Hall–Kier alpha value is -2.01. The molecule has 0 bridgehead atoms. The molecular formula is C16H21N3O. The van der Waals surface area contributed by atoms with E-state index in [2.05, 4.69) is 22.8 Å². The van der Waals surface area contributed by atoms with Gasteiger partial charge in [-0.05, 0) is 37.7 Å². The van der Waals surface area contributed by atoms with Gasteiger partial charge in [-0.3, -0.25) is 4.90 Å². The molecule has 0 aliphatic heterocycles. The summed E-state index contributed by atoms with van der Waals surface area (Å²) in [6, 6.07) is 8.21. The van der Waals surface area contributed by atoms with Crippen LogP contribution in [-0.2, 0) is 6.54 Å². The predicted octanol–water partition coefficient (Wildman–Crippen LogP) is 1.74. The van der Waals surface area contributed by atoms with Gasteiger partial charge >= 0.3 is 0 Å². The molecule has 20 heavy (non-hydrogen) atoms. The van der Waals surface area contributed by atoms with Crippen LogP contribution in [0.5, 0.6) is 5.75 Å². The molecular weight excluding hydrogens is 250 g/mol.